The van der Waals surface area contributed by atoms with E-state index in [2.05, 4.69) is 24.7 Å². The van der Waals surface area contributed by atoms with Gasteiger partial charge in [-0.05, 0) is 36.7 Å². The highest BCUT2D eigenvalue weighted by atomic mass is 32.2. The zero-order valence-electron chi connectivity index (χ0n) is 11.7. The van der Waals surface area contributed by atoms with Crippen LogP contribution in [-0.2, 0) is 10.0 Å². The molecular formula is C12H13N8O2S-. The van der Waals surface area contributed by atoms with Gasteiger partial charge in [-0.3, -0.25) is 4.72 Å². The maximum atomic E-state index is 12.1. The highest BCUT2D eigenvalue weighted by Gasteiger charge is 2.11. The molecule has 2 rings (SSSR count). The van der Waals surface area contributed by atoms with Crippen LogP contribution in [0.25, 0.3) is 4.72 Å². The van der Waals surface area contributed by atoms with Crippen LogP contribution < -0.4 is 17.2 Å². The van der Waals surface area contributed by atoms with Crippen LogP contribution >= 0.6 is 0 Å². The number of benzene rings is 1. The number of sulfonamides is 1. The van der Waals surface area contributed by atoms with Crippen LogP contribution in [0.3, 0.4) is 0 Å². The lowest BCUT2D eigenvalue weighted by Gasteiger charge is -2.12. The molecule has 2 aromatic rings. The Morgan fingerprint density at radius 2 is 1.65 bits per heavy atom. The molecule has 11 heteroatoms. The second kappa shape index (κ2) is 6.70. The van der Waals surface area contributed by atoms with Crippen molar-refractivity contribution in [3.05, 3.63) is 47.4 Å². The molecule has 0 bridgehead atoms. The number of hydrogen-bond acceptors (Lipinski definition) is 5. The van der Waals surface area contributed by atoms with Gasteiger partial charge in [0, 0.05) is 5.95 Å². The first-order chi connectivity index (χ1) is 10.9. The molecule has 0 amide bonds. The summed E-state index contributed by atoms with van der Waals surface area (Å²) in [6, 6.07) is 7.07. The summed E-state index contributed by atoms with van der Waals surface area (Å²) in [5.41, 5.74) is 16.2. The highest BCUT2D eigenvalue weighted by Crippen LogP contribution is 2.25. The van der Waals surface area contributed by atoms with E-state index in [-0.39, 0.29) is 22.8 Å². The van der Waals surface area contributed by atoms with Gasteiger partial charge in [-0.2, -0.15) is 4.99 Å². The quantitative estimate of drug-likeness (QED) is 0.524. The molecule has 0 saturated carbocycles. The molecule has 0 spiro atoms. The molecule has 0 aliphatic rings. The van der Waals surface area contributed by atoms with Crippen molar-refractivity contribution >= 4 is 33.6 Å². The molecule has 23 heavy (non-hydrogen) atoms. The molecule has 0 radical (unpaired) electrons. The Kier molecular flexibility index (Phi) is 4.71. The van der Waals surface area contributed by atoms with E-state index in [9.17, 15) is 8.42 Å². The molecule has 0 saturated heterocycles. The third-order valence-electron chi connectivity index (χ3n) is 2.38. The topological polar surface area (TPSA) is 177 Å². The van der Waals surface area contributed by atoms with Gasteiger partial charge in [0.2, 0.25) is 16.0 Å². The SMILES string of the molecule is NC(N)=NC(N)=Nc1ccc(S(=O)(=O)[N-]c2ncccn2)cc1. The Hall–Kier alpha value is -3.21. The van der Waals surface area contributed by atoms with Gasteiger partial charge in [-0.25, -0.2) is 13.4 Å². The zero-order chi connectivity index (χ0) is 16.9. The van der Waals surface area contributed by atoms with E-state index >= 15 is 0 Å². The van der Waals surface area contributed by atoms with Crippen molar-refractivity contribution in [1.82, 2.24) is 9.97 Å². The van der Waals surface area contributed by atoms with E-state index in [0.717, 1.165) is 0 Å². The monoisotopic (exact) mass is 333 g/mol. The van der Waals surface area contributed by atoms with Gasteiger partial charge in [0.15, 0.2) is 5.96 Å². The average molecular weight is 333 g/mol. The van der Waals surface area contributed by atoms with Gasteiger partial charge in [-0.15, -0.1) is 0 Å². The fraction of sp³-hybridized carbons (Fsp3) is 0. The standard InChI is InChI=1S/C12H13N8O2S/c13-10(14)19-11(15)18-8-2-4-9(5-3-8)23(21,22)20-12-16-6-1-7-17-12/h1-7H,(H6-,13,14,15,16,17,18,19,20)/q-1. The minimum absolute atomic E-state index is 0.0377. The molecule has 1 aromatic heterocycles. The summed E-state index contributed by atoms with van der Waals surface area (Å²) in [7, 11) is -3.92. The predicted octanol–water partition coefficient (Wildman–Crippen LogP) is 0.0903. The lowest BCUT2D eigenvalue weighted by atomic mass is 10.3. The summed E-state index contributed by atoms with van der Waals surface area (Å²) >= 11 is 0. The van der Waals surface area contributed by atoms with Crippen LogP contribution in [0.2, 0.25) is 0 Å². The van der Waals surface area contributed by atoms with E-state index < -0.39 is 10.0 Å². The molecule has 1 aromatic carbocycles. The van der Waals surface area contributed by atoms with Gasteiger partial charge in [0.1, 0.15) is 0 Å². The molecule has 0 unspecified atom stereocenters. The molecule has 10 nitrogen and oxygen atoms in total. The summed E-state index contributed by atoms with van der Waals surface area (Å²) in [6.45, 7) is 0. The second-order valence-electron chi connectivity index (χ2n) is 4.12. The normalized spacial score (nSPS) is 11.7. The maximum absolute atomic E-state index is 12.1. The first kappa shape index (κ1) is 16.2. The second-order valence-corrected chi connectivity index (χ2v) is 5.72. The number of aliphatic imine (C=N–C) groups is 2. The van der Waals surface area contributed by atoms with Crippen molar-refractivity contribution < 1.29 is 8.42 Å². The number of guanidine groups is 2. The van der Waals surface area contributed by atoms with Crippen LogP contribution in [0.15, 0.2) is 57.6 Å². The number of nitrogens with zero attached hydrogens (tertiary/aromatic N) is 5. The third-order valence-corrected chi connectivity index (χ3v) is 3.65. The smallest absolute Gasteiger partial charge is 0.229 e. The Morgan fingerprint density at radius 1 is 1.04 bits per heavy atom. The molecule has 1 heterocycles. The average Bonchev–Trinajstić information content (AvgIpc) is 2.47. The number of hydrogen-bond donors (Lipinski definition) is 3. The third kappa shape index (κ3) is 4.64. The van der Waals surface area contributed by atoms with Crippen LogP contribution in [0, 0.1) is 0 Å². The predicted molar refractivity (Wildman–Crippen MR) is 85.8 cm³/mol. The molecule has 0 atom stereocenters. The maximum Gasteiger partial charge on any atom is 0.229 e. The van der Waals surface area contributed by atoms with Crippen molar-refractivity contribution in [2.75, 3.05) is 0 Å². The Morgan fingerprint density at radius 3 is 2.22 bits per heavy atom. The fourth-order valence-corrected chi connectivity index (χ4v) is 2.38. The summed E-state index contributed by atoms with van der Waals surface area (Å²) in [4.78, 5) is 14.9. The van der Waals surface area contributed by atoms with E-state index in [1.807, 2.05) is 0 Å². The fourth-order valence-electron chi connectivity index (χ4n) is 1.48. The van der Waals surface area contributed by atoms with Gasteiger partial charge in [0.25, 0.3) is 0 Å². The molecule has 0 aliphatic carbocycles. The summed E-state index contributed by atoms with van der Waals surface area (Å²) < 4.78 is 27.8. The van der Waals surface area contributed by atoms with E-state index in [1.54, 1.807) is 6.07 Å². The van der Waals surface area contributed by atoms with Gasteiger partial charge in [0.05, 0.1) is 10.6 Å². The van der Waals surface area contributed by atoms with Crippen LogP contribution in [0.1, 0.15) is 0 Å². The van der Waals surface area contributed by atoms with Crippen LogP contribution in [0.4, 0.5) is 11.6 Å². The molecule has 6 N–H and O–H groups in total. The molecule has 0 aliphatic heterocycles. The number of nitrogens with two attached hydrogens (primary N) is 3. The largest absolute Gasteiger partial charge is 0.370 e. The minimum Gasteiger partial charge on any atom is -0.370 e. The van der Waals surface area contributed by atoms with Crippen LogP contribution in [0.5, 0.6) is 0 Å². The van der Waals surface area contributed by atoms with Crippen molar-refractivity contribution in [2.24, 2.45) is 27.2 Å². The lowest BCUT2D eigenvalue weighted by Crippen LogP contribution is -2.26. The summed E-state index contributed by atoms with van der Waals surface area (Å²) in [5.74, 6) is -0.526. The van der Waals surface area contributed by atoms with E-state index in [1.165, 1.54) is 36.7 Å². The molecule has 0 fully saturated rings. The molecular weight excluding hydrogens is 320 g/mol. The zero-order valence-corrected chi connectivity index (χ0v) is 12.6. The first-order valence-corrected chi connectivity index (χ1v) is 7.60. The summed E-state index contributed by atoms with van der Waals surface area (Å²) in [6.07, 6.45) is 2.79. The number of aromatic nitrogens is 2. The Bertz CT molecular complexity index is 827. The number of rotatable bonds is 4. The Balaban J connectivity index is 2.20. The minimum atomic E-state index is -3.92. The highest BCUT2D eigenvalue weighted by molar-refractivity contribution is 7.94. The van der Waals surface area contributed by atoms with Crippen molar-refractivity contribution in [1.29, 1.82) is 0 Å². The van der Waals surface area contributed by atoms with E-state index in [0.29, 0.717) is 5.69 Å². The van der Waals surface area contributed by atoms with Gasteiger partial charge >= 0.3 is 0 Å². The summed E-state index contributed by atoms with van der Waals surface area (Å²) in [5, 5.41) is 0. The molecule has 120 valence electrons. The van der Waals surface area contributed by atoms with E-state index in [4.69, 9.17) is 17.2 Å². The van der Waals surface area contributed by atoms with Crippen molar-refractivity contribution in [3.8, 4) is 0 Å². The first-order valence-electron chi connectivity index (χ1n) is 6.16. The van der Waals surface area contributed by atoms with Crippen LogP contribution in [-0.4, -0.2) is 30.3 Å². The van der Waals surface area contributed by atoms with Gasteiger partial charge in [-0.1, -0.05) is 6.07 Å². The van der Waals surface area contributed by atoms with Crippen molar-refractivity contribution in [3.63, 3.8) is 0 Å². The Labute approximate surface area is 132 Å². The van der Waals surface area contributed by atoms with Gasteiger partial charge < -0.3 is 27.2 Å². The lowest BCUT2D eigenvalue weighted by molar-refractivity contribution is 0.603. The van der Waals surface area contributed by atoms with Crippen molar-refractivity contribution in [2.45, 2.75) is 4.90 Å².